The van der Waals surface area contributed by atoms with Crippen molar-refractivity contribution in [2.24, 2.45) is 11.8 Å². The van der Waals surface area contributed by atoms with E-state index in [2.05, 4.69) is 24.5 Å². The number of halogens is 1. The van der Waals surface area contributed by atoms with Crippen molar-refractivity contribution < 1.29 is 19.1 Å². The topological polar surface area (TPSA) is 84.5 Å². The molecule has 2 rings (SSSR count). The Hall–Kier alpha value is -1.73. The number of carbonyl (C=O) groups is 3. The van der Waals surface area contributed by atoms with Gasteiger partial charge in [-0.1, -0.05) is 38.3 Å². The van der Waals surface area contributed by atoms with Crippen molar-refractivity contribution in [3.05, 3.63) is 29.3 Å². The zero-order valence-corrected chi connectivity index (χ0v) is 17.8. The molecule has 2 N–H and O–H groups in total. The van der Waals surface area contributed by atoms with E-state index in [9.17, 15) is 14.4 Å². The second-order valence-corrected chi connectivity index (χ2v) is 8.57. The van der Waals surface area contributed by atoms with Crippen LogP contribution in [0.4, 0.5) is 5.69 Å². The Morgan fingerprint density at radius 3 is 2.54 bits per heavy atom. The van der Waals surface area contributed by atoms with Crippen molar-refractivity contribution in [1.82, 2.24) is 5.32 Å². The minimum absolute atomic E-state index is 0.0121. The summed E-state index contributed by atoms with van der Waals surface area (Å²) in [6, 6.07) is 6.90. The highest BCUT2D eigenvalue weighted by Gasteiger charge is 2.28. The Balaban J connectivity index is 1.59. The first kappa shape index (κ1) is 22.6. The van der Waals surface area contributed by atoms with Crippen LogP contribution < -0.4 is 10.6 Å². The third-order valence-corrected chi connectivity index (χ3v) is 6.16. The number of anilines is 1. The normalized spacial score (nSPS) is 21.6. The van der Waals surface area contributed by atoms with E-state index in [1.54, 1.807) is 24.3 Å². The van der Waals surface area contributed by atoms with Gasteiger partial charge in [0.25, 0.3) is 5.91 Å². The van der Waals surface area contributed by atoms with Gasteiger partial charge in [-0.25, -0.2) is 0 Å². The molecule has 1 aromatic rings. The van der Waals surface area contributed by atoms with Gasteiger partial charge in [-0.05, 0) is 42.5 Å². The predicted molar refractivity (Wildman–Crippen MR) is 112 cm³/mol. The van der Waals surface area contributed by atoms with Crippen molar-refractivity contribution in [3.63, 3.8) is 0 Å². The highest BCUT2D eigenvalue weighted by Crippen LogP contribution is 2.29. The number of hydrogen-bond acceptors (Lipinski definition) is 5. The highest BCUT2D eigenvalue weighted by atomic mass is 35.5. The van der Waals surface area contributed by atoms with Crippen LogP contribution in [0.3, 0.4) is 0 Å². The Bertz CT molecular complexity index is 683. The maximum Gasteiger partial charge on any atom is 0.316 e. The maximum atomic E-state index is 12.0. The van der Waals surface area contributed by atoms with Gasteiger partial charge in [0, 0.05) is 16.8 Å². The van der Waals surface area contributed by atoms with Crippen molar-refractivity contribution in [3.8, 4) is 0 Å². The molecule has 0 radical (unpaired) electrons. The van der Waals surface area contributed by atoms with Crippen molar-refractivity contribution in [1.29, 1.82) is 0 Å². The van der Waals surface area contributed by atoms with Crippen LogP contribution in [0, 0.1) is 11.8 Å². The number of esters is 1. The molecule has 0 aliphatic heterocycles. The first-order chi connectivity index (χ1) is 13.3. The number of carbonyl (C=O) groups excluding carboxylic acids is 3. The predicted octanol–water partition coefficient (Wildman–Crippen LogP) is 3.50. The molecule has 0 spiro atoms. The standard InChI is InChI=1S/C20H27ClN2O4S/c1-13-4-3-5-17(14(13)2)23-18(24)10-27-20(26)12-28-11-19(25)22-16-8-6-15(21)7-9-16/h6-9,13-14,17H,3-5,10-12H2,1-2H3,(H,22,25)(H,23,24)/t13-,14-,17+/m1/s1. The zero-order valence-electron chi connectivity index (χ0n) is 16.2. The molecule has 8 heteroatoms. The van der Waals surface area contributed by atoms with Gasteiger partial charge >= 0.3 is 5.97 Å². The summed E-state index contributed by atoms with van der Waals surface area (Å²) < 4.78 is 5.00. The monoisotopic (exact) mass is 426 g/mol. The fraction of sp³-hybridized carbons (Fsp3) is 0.550. The van der Waals surface area contributed by atoms with Gasteiger partial charge in [-0.2, -0.15) is 0 Å². The van der Waals surface area contributed by atoms with E-state index in [0.717, 1.165) is 24.6 Å². The molecular weight excluding hydrogens is 400 g/mol. The molecule has 2 amide bonds. The zero-order chi connectivity index (χ0) is 20.5. The van der Waals surface area contributed by atoms with Crippen molar-refractivity contribution in [2.75, 3.05) is 23.4 Å². The fourth-order valence-corrected chi connectivity index (χ4v) is 3.91. The lowest BCUT2D eigenvalue weighted by Gasteiger charge is -2.34. The van der Waals surface area contributed by atoms with Gasteiger partial charge in [-0.15, -0.1) is 11.8 Å². The molecule has 1 fully saturated rings. The maximum absolute atomic E-state index is 12.0. The van der Waals surface area contributed by atoms with Crippen LogP contribution in [0.2, 0.25) is 5.02 Å². The van der Waals surface area contributed by atoms with Gasteiger partial charge in [0.2, 0.25) is 5.91 Å². The molecule has 154 valence electrons. The van der Waals surface area contributed by atoms with Gasteiger partial charge in [0.05, 0.1) is 11.5 Å². The number of thioether (sulfide) groups is 1. The summed E-state index contributed by atoms with van der Waals surface area (Å²) in [5.74, 6) is 0.118. The molecule has 1 aliphatic carbocycles. The highest BCUT2D eigenvalue weighted by molar-refractivity contribution is 8.00. The molecule has 6 nitrogen and oxygen atoms in total. The average Bonchev–Trinajstić information content (AvgIpc) is 2.66. The molecule has 0 unspecified atom stereocenters. The number of amides is 2. The second kappa shape index (κ2) is 11.3. The lowest BCUT2D eigenvalue weighted by molar-refractivity contribution is -0.146. The van der Waals surface area contributed by atoms with E-state index in [1.807, 2.05) is 0 Å². The Morgan fingerprint density at radius 1 is 1.11 bits per heavy atom. The van der Waals surface area contributed by atoms with E-state index in [1.165, 1.54) is 6.42 Å². The molecular formula is C20H27ClN2O4S. The third-order valence-electron chi connectivity index (χ3n) is 5.00. The Labute approximate surface area is 175 Å². The van der Waals surface area contributed by atoms with Crippen LogP contribution in [0.15, 0.2) is 24.3 Å². The summed E-state index contributed by atoms with van der Waals surface area (Å²) in [4.78, 5) is 35.6. The second-order valence-electron chi connectivity index (χ2n) is 7.15. The van der Waals surface area contributed by atoms with Crippen LogP contribution in [-0.4, -0.2) is 41.9 Å². The van der Waals surface area contributed by atoms with E-state index in [4.69, 9.17) is 16.3 Å². The van der Waals surface area contributed by atoms with Gasteiger partial charge in [0.15, 0.2) is 6.61 Å². The summed E-state index contributed by atoms with van der Waals surface area (Å²) in [6.07, 6.45) is 3.25. The number of hydrogen-bond donors (Lipinski definition) is 2. The Morgan fingerprint density at radius 2 is 1.82 bits per heavy atom. The smallest absolute Gasteiger partial charge is 0.316 e. The van der Waals surface area contributed by atoms with Crippen LogP contribution >= 0.6 is 23.4 Å². The van der Waals surface area contributed by atoms with E-state index in [0.29, 0.717) is 22.5 Å². The third kappa shape index (κ3) is 7.72. The van der Waals surface area contributed by atoms with E-state index in [-0.39, 0.29) is 36.0 Å². The molecule has 1 aromatic carbocycles. The van der Waals surface area contributed by atoms with Crippen molar-refractivity contribution in [2.45, 2.75) is 39.2 Å². The summed E-state index contributed by atoms with van der Waals surface area (Å²) in [5, 5.41) is 6.26. The fourth-order valence-electron chi connectivity index (χ4n) is 3.18. The summed E-state index contributed by atoms with van der Waals surface area (Å²) in [5.41, 5.74) is 0.639. The van der Waals surface area contributed by atoms with Crippen LogP contribution in [0.1, 0.15) is 33.1 Å². The minimum Gasteiger partial charge on any atom is -0.455 e. The minimum atomic E-state index is -0.510. The SMILES string of the molecule is C[C@@H]1[C@H](C)CCC[C@@H]1NC(=O)COC(=O)CSCC(=O)Nc1ccc(Cl)cc1. The summed E-state index contributed by atoms with van der Waals surface area (Å²) >= 11 is 6.93. The lowest BCUT2D eigenvalue weighted by atomic mass is 9.78. The number of ether oxygens (including phenoxy) is 1. The molecule has 1 aliphatic rings. The molecule has 28 heavy (non-hydrogen) atoms. The molecule has 3 atom stereocenters. The number of rotatable bonds is 8. The quantitative estimate of drug-likeness (QED) is 0.621. The average molecular weight is 427 g/mol. The molecule has 0 bridgehead atoms. The van der Waals surface area contributed by atoms with E-state index < -0.39 is 5.97 Å². The number of benzene rings is 1. The number of nitrogens with one attached hydrogen (secondary N) is 2. The van der Waals surface area contributed by atoms with Crippen LogP contribution in [0.25, 0.3) is 0 Å². The van der Waals surface area contributed by atoms with Crippen molar-refractivity contribution >= 4 is 46.8 Å². The molecule has 0 heterocycles. The van der Waals surface area contributed by atoms with Gasteiger partial charge < -0.3 is 15.4 Å². The Kier molecular flexibility index (Phi) is 9.12. The van der Waals surface area contributed by atoms with Gasteiger partial charge in [-0.3, -0.25) is 14.4 Å². The molecule has 0 saturated heterocycles. The molecule has 0 aromatic heterocycles. The van der Waals surface area contributed by atoms with E-state index >= 15 is 0 Å². The largest absolute Gasteiger partial charge is 0.455 e. The van der Waals surface area contributed by atoms with Crippen LogP contribution in [-0.2, 0) is 19.1 Å². The summed E-state index contributed by atoms with van der Waals surface area (Å²) in [7, 11) is 0. The lowest BCUT2D eigenvalue weighted by Crippen LogP contribution is -2.45. The first-order valence-corrected chi connectivity index (χ1v) is 11.0. The summed E-state index contributed by atoms with van der Waals surface area (Å²) in [6.45, 7) is 4.06. The molecule has 1 saturated carbocycles. The first-order valence-electron chi connectivity index (χ1n) is 9.43. The van der Waals surface area contributed by atoms with Gasteiger partial charge in [0.1, 0.15) is 0 Å². The van der Waals surface area contributed by atoms with Crippen LogP contribution in [0.5, 0.6) is 0 Å².